The van der Waals surface area contributed by atoms with Crippen molar-refractivity contribution in [2.75, 3.05) is 13.6 Å². The van der Waals surface area contributed by atoms with Crippen molar-refractivity contribution in [3.63, 3.8) is 0 Å². The summed E-state index contributed by atoms with van der Waals surface area (Å²) in [6.07, 6.45) is 9.43. The molecule has 0 aromatic carbocycles. The van der Waals surface area contributed by atoms with Gasteiger partial charge in [0, 0.05) is 18.5 Å². The van der Waals surface area contributed by atoms with E-state index in [1.807, 2.05) is 7.05 Å². The fourth-order valence-electron chi connectivity index (χ4n) is 3.80. The molecule has 5 heteroatoms. The first-order valence-electron chi connectivity index (χ1n) is 8.29. The summed E-state index contributed by atoms with van der Waals surface area (Å²) in [6, 6.07) is -0.627. The highest BCUT2D eigenvalue weighted by molar-refractivity contribution is 5.84. The number of likely N-dealkylation sites (tertiary alicyclic amines) is 1. The van der Waals surface area contributed by atoms with Crippen LogP contribution in [0, 0.1) is 0 Å². The van der Waals surface area contributed by atoms with Crippen LogP contribution >= 0.6 is 0 Å². The van der Waals surface area contributed by atoms with Crippen LogP contribution in [0.1, 0.15) is 64.2 Å². The van der Waals surface area contributed by atoms with Gasteiger partial charge in [0.1, 0.15) is 6.04 Å². The molecule has 1 saturated carbocycles. The molecule has 0 spiro atoms. The van der Waals surface area contributed by atoms with Gasteiger partial charge in [-0.1, -0.05) is 32.1 Å². The summed E-state index contributed by atoms with van der Waals surface area (Å²) in [5, 5.41) is 12.8. The molecule has 0 aromatic heterocycles. The van der Waals surface area contributed by atoms with Crippen molar-refractivity contribution in [2.45, 2.75) is 75.8 Å². The van der Waals surface area contributed by atoms with Crippen molar-refractivity contribution in [1.29, 1.82) is 0 Å². The van der Waals surface area contributed by atoms with Crippen molar-refractivity contribution in [1.82, 2.24) is 10.2 Å². The van der Waals surface area contributed by atoms with Gasteiger partial charge in [0.05, 0.1) is 0 Å². The molecule has 120 valence electrons. The van der Waals surface area contributed by atoms with Crippen LogP contribution in [0.25, 0.3) is 0 Å². The number of nitrogens with one attached hydrogen (secondary N) is 1. The fourth-order valence-corrected chi connectivity index (χ4v) is 3.80. The van der Waals surface area contributed by atoms with Crippen LogP contribution in [0.15, 0.2) is 0 Å². The maximum absolute atomic E-state index is 12.7. The minimum Gasteiger partial charge on any atom is -0.480 e. The normalized spacial score (nSPS) is 26.1. The topological polar surface area (TPSA) is 69.6 Å². The Morgan fingerprint density at radius 3 is 2.43 bits per heavy atom. The van der Waals surface area contributed by atoms with Crippen LogP contribution in [0.4, 0.5) is 0 Å². The van der Waals surface area contributed by atoms with Crippen molar-refractivity contribution < 1.29 is 14.7 Å². The van der Waals surface area contributed by atoms with Gasteiger partial charge in [-0.15, -0.1) is 0 Å². The maximum Gasteiger partial charge on any atom is 0.326 e. The first-order chi connectivity index (χ1) is 10.1. The summed E-state index contributed by atoms with van der Waals surface area (Å²) < 4.78 is 0. The number of hydrogen-bond donors (Lipinski definition) is 2. The molecular formula is C16H28N2O3. The molecule has 2 fully saturated rings. The number of hydrogen-bond acceptors (Lipinski definition) is 3. The van der Waals surface area contributed by atoms with Gasteiger partial charge in [0.25, 0.3) is 0 Å². The monoisotopic (exact) mass is 296 g/mol. The lowest BCUT2D eigenvalue weighted by atomic mass is 9.79. The lowest BCUT2D eigenvalue weighted by Crippen LogP contribution is -2.52. The lowest BCUT2D eigenvalue weighted by Gasteiger charge is -2.39. The van der Waals surface area contributed by atoms with Crippen LogP contribution in [0.3, 0.4) is 0 Å². The van der Waals surface area contributed by atoms with E-state index in [0.717, 1.165) is 44.9 Å². The number of rotatable bonds is 4. The van der Waals surface area contributed by atoms with Gasteiger partial charge in [0.2, 0.25) is 5.91 Å². The van der Waals surface area contributed by atoms with Gasteiger partial charge in [-0.25, -0.2) is 4.79 Å². The van der Waals surface area contributed by atoms with Crippen LogP contribution in [0.2, 0.25) is 0 Å². The zero-order valence-corrected chi connectivity index (χ0v) is 13.1. The SMILES string of the molecule is CNC1(CC(=O)N2CCCCCC2C(=O)O)CCCCC1. The summed E-state index contributed by atoms with van der Waals surface area (Å²) in [5.74, 6) is -0.840. The van der Waals surface area contributed by atoms with Crippen molar-refractivity contribution in [2.24, 2.45) is 0 Å². The molecule has 2 aliphatic rings. The third kappa shape index (κ3) is 3.96. The summed E-state index contributed by atoms with van der Waals surface area (Å²) in [6.45, 7) is 0.593. The molecule has 1 amide bonds. The number of carboxylic acid groups (broad SMARTS) is 1. The molecular weight excluding hydrogens is 268 g/mol. The van der Waals surface area contributed by atoms with E-state index in [0.29, 0.717) is 19.4 Å². The van der Waals surface area contributed by atoms with Crippen LogP contribution in [-0.4, -0.2) is 47.1 Å². The van der Waals surface area contributed by atoms with E-state index < -0.39 is 12.0 Å². The van der Waals surface area contributed by atoms with Gasteiger partial charge in [-0.3, -0.25) is 4.79 Å². The van der Waals surface area contributed by atoms with Gasteiger partial charge >= 0.3 is 5.97 Å². The van der Waals surface area contributed by atoms with Crippen LogP contribution in [-0.2, 0) is 9.59 Å². The average Bonchev–Trinajstić information content (AvgIpc) is 2.74. The third-order valence-corrected chi connectivity index (χ3v) is 5.19. The van der Waals surface area contributed by atoms with Crippen LogP contribution in [0.5, 0.6) is 0 Å². The fraction of sp³-hybridized carbons (Fsp3) is 0.875. The molecule has 21 heavy (non-hydrogen) atoms. The second kappa shape index (κ2) is 7.25. The van der Waals surface area contributed by atoms with Crippen molar-refractivity contribution >= 4 is 11.9 Å². The number of amides is 1. The number of aliphatic carboxylic acids is 1. The van der Waals surface area contributed by atoms with Crippen molar-refractivity contribution in [3.05, 3.63) is 0 Å². The average molecular weight is 296 g/mol. The third-order valence-electron chi connectivity index (χ3n) is 5.19. The number of nitrogens with zero attached hydrogens (tertiary/aromatic N) is 1. The molecule has 0 bridgehead atoms. The number of carbonyl (C=O) groups excluding carboxylic acids is 1. The highest BCUT2D eigenvalue weighted by Gasteiger charge is 2.37. The lowest BCUT2D eigenvalue weighted by molar-refractivity contribution is -0.151. The molecule has 1 unspecified atom stereocenters. The van der Waals surface area contributed by atoms with E-state index >= 15 is 0 Å². The Morgan fingerprint density at radius 2 is 1.81 bits per heavy atom. The first kappa shape index (κ1) is 16.3. The molecule has 2 rings (SSSR count). The molecule has 1 aliphatic heterocycles. The highest BCUT2D eigenvalue weighted by Crippen LogP contribution is 2.32. The van der Waals surface area contributed by atoms with E-state index in [-0.39, 0.29) is 11.4 Å². The molecule has 2 N–H and O–H groups in total. The quantitative estimate of drug-likeness (QED) is 0.834. The molecule has 1 atom stereocenters. The molecule has 0 radical (unpaired) electrons. The Balaban J connectivity index is 2.06. The Hall–Kier alpha value is -1.10. The highest BCUT2D eigenvalue weighted by atomic mass is 16.4. The van der Waals surface area contributed by atoms with E-state index in [4.69, 9.17) is 0 Å². The number of carbonyl (C=O) groups is 2. The minimum absolute atomic E-state index is 0.0144. The van der Waals surface area contributed by atoms with E-state index in [1.54, 1.807) is 4.90 Å². The molecule has 5 nitrogen and oxygen atoms in total. The maximum atomic E-state index is 12.7. The largest absolute Gasteiger partial charge is 0.480 e. The van der Waals surface area contributed by atoms with Crippen molar-refractivity contribution in [3.8, 4) is 0 Å². The van der Waals surface area contributed by atoms with E-state index in [1.165, 1.54) is 6.42 Å². The second-order valence-corrected chi connectivity index (χ2v) is 6.56. The Bertz CT molecular complexity index is 378. The van der Waals surface area contributed by atoms with Crippen LogP contribution < -0.4 is 5.32 Å². The van der Waals surface area contributed by atoms with Gasteiger partial charge in [-0.05, 0) is 32.7 Å². The Labute approximate surface area is 127 Å². The Morgan fingerprint density at radius 1 is 1.14 bits per heavy atom. The van der Waals surface area contributed by atoms with Gasteiger partial charge < -0.3 is 15.3 Å². The van der Waals surface area contributed by atoms with E-state index in [2.05, 4.69) is 5.32 Å². The standard InChI is InChI=1S/C16H28N2O3/c1-17-16(9-5-3-6-10-16)12-14(19)18-11-7-2-4-8-13(18)15(20)21/h13,17H,2-12H2,1H3,(H,20,21). The predicted octanol–water partition coefficient (Wildman–Crippen LogP) is 2.15. The summed E-state index contributed by atoms with van der Waals surface area (Å²) in [5.41, 5.74) is -0.120. The second-order valence-electron chi connectivity index (χ2n) is 6.56. The first-order valence-corrected chi connectivity index (χ1v) is 8.29. The zero-order valence-electron chi connectivity index (χ0n) is 13.1. The molecule has 1 heterocycles. The summed E-state index contributed by atoms with van der Waals surface area (Å²) >= 11 is 0. The molecule has 1 saturated heterocycles. The smallest absolute Gasteiger partial charge is 0.326 e. The summed E-state index contributed by atoms with van der Waals surface area (Å²) in [7, 11) is 1.93. The summed E-state index contributed by atoms with van der Waals surface area (Å²) in [4.78, 5) is 25.8. The molecule has 1 aliphatic carbocycles. The van der Waals surface area contributed by atoms with Gasteiger partial charge in [0.15, 0.2) is 0 Å². The zero-order chi connectivity index (χ0) is 15.3. The number of carboxylic acids is 1. The molecule has 0 aromatic rings. The predicted molar refractivity (Wildman–Crippen MR) is 81.1 cm³/mol. The van der Waals surface area contributed by atoms with E-state index in [9.17, 15) is 14.7 Å². The van der Waals surface area contributed by atoms with Gasteiger partial charge in [-0.2, -0.15) is 0 Å². The minimum atomic E-state index is -0.854. The Kier molecular flexibility index (Phi) is 5.62.